The molecule has 0 aliphatic carbocycles. The largest absolute Gasteiger partial charge is 0.507 e. The van der Waals surface area contributed by atoms with Gasteiger partial charge in [-0.2, -0.15) is 0 Å². The lowest BCUT2D eigenvalue weighted by atomic mass is 10.1. The molecular weight excluding hydrogens is 353 g/mol. The Morgan fingerprint density at radius 2 is 1.93 bits per heavy atom. The summed E-state index contributed by atoms with van der Waals surface area (Å²) < 4.78 is 18.7. The third-order valence-corrected chi connectivity index (χ3v) is 4.03. The molecule has 0 aliphatic heterocycles. The standard InChI is InChI=1S/C20H20FNO5/c1-22(19(25)16-12-15(21)9-10-18(16)24)17(8-5-11-23)20(26)27-13-14-6-3-2-4-7-14/h2-4,6-7,9-12,17,24H,5,8,13H2,1H3/t17-/m0/s1. The van der Waals surface area contributed by atoms with Gasteiger partial charge in [-0.3, -0.25) is 4.79 Å². The van der Waals surface area contributed by atoms with Crippen LogP contribution < -0.4 is 0 Å². The first-order valence-electron chi connectivity index (χ1n) is 8.34. The number of ether oxygens (including phenoxy) is 1. The predicted octanol–water partition coefficient (Wildman–Crippen LogP) is 2.69. The molecule has 0 unspecified atom stereocenters. The molecule has 0 saturated heterocycles. The number of likely N-dealkylation sites (N-methyl/N-ethyl adjacent to an activating group) is 1. The highest BCUT2D eigenvalue weighted by atomic mass is 19.1. The van der Waals surface area contributed by atoms with Gasteiger partial charge in [-0.1, -0.05) is 30.3 Å². The molecule has 2 aromatic rings. The number of esters is 1. The molecule has 0 fully saturated rings. The highest BCUT2D eigenvalue weighted by molar-refractivity contribution is 5.98. The molecule has 2 rings (SSSR count). The van der Waals surface area contributed by atoms with Gasteiger partial charge in [0.05, 0.1) is 5.56 Å². The molecule has 1 N–H and O–H groups in total. The zero-order valence-corrected chi connectivity index (χ0v) is 14.8. The molecule has 1 amide bonds. The second-order valence-corrected chi connectivity index (χ2v) is 5.93. The highest BCUT2D eigenvalue weighted by Gasteiger charge is 2.30. The molecule has 6 nitrogen and oxygen atoms in total. The van der Waals surface area contributed by atoms with Crippen molar-refractivity contribution < 1.29 is 28.6 Å². The van der Waals surface area contributed by atoms with E-state index in [0.29, 0.717) is 6.29 Å². The number of rotatable bonds is 8. The third-order valence-electron chi connectivity index (χ3n) is 4.03. The van der Waals surface area contributed by atoms with E-state index in [-0.39, 0.29) is 25.0 Å². The molecule has 0 radical (unpaired) electrons. The number of nitrogens with zero attached hydrogens (tertiary/aromatic N) is 1. The molecule has 7 heteroatoms. The Bertz CT molecular complexity index is 809. The van der Waals surface area contributed by atoms with Crippen molar-refractivity contribution in [3.8, 4) is 5.75 Å². The molecule has 1 atom stereocenters. The summed E-state index contributed by atoms with van der Waals surface area (Å²) in [4.78, 5) is 36.9. The van der Waals surface area contributed by atoms with Crippen LogP contribution in [-0.2, 0) is 20.9 Å². The fourth-order valence-corrected chi connectivity index (χ4v) is 2.53. The maximum absolute atomic E-state index is 13.4. The Balaban J connectivity index is 2.15. The van der Waals surface area contributed by atoms with Gasteiger partial charge in [0.15, 0.2) is 0 Å². The fraction of sp³-hybridized carbons (Fsp3) is 0.250. The molecule has 0 heterocycles. The van der Waals surface area contributed by atoms with E-state index in [1.165, 1.54) is 7.05 Å². The number of hydrogen-bond donors (Lipinski definition) is 1. The van der Waals surface area contributed by atoms with Crippen LogP contribution in [0.25, 0.3) is 0 Å². The molecule has 0 saturated carbocycles. The van der Waals surface area contributed by atoms with Crippen molar-refractivity contribution in [2.75, 3.05) is 7.05 Å². The van der Waals surface area contributed by atoms with Crippen LogP contribution in [0.2, 0.25) is 0 Å². The second kappa shape index (κ2) is 9.47. The van der Waals surface area contributed by atoms with Crippen LogP contribution in [0.1, 0.15) is 28.8 Å². The zero-order chi connectivity index (χ0) is 19.8. The maximum atomic E-state index is 13.4. The number of carbonyl (C=O) groups excluding carboxylic acids is 3. The van der Waals surface area contributed by atoms with Crippen molar-refractivity contribution in [2.45, 2.75) is 25.5 Å². The van der Waals surface area contributed by atoms with E-state index in [1.807, 2.05) is 6.07 Å². The third kappa shape index (κ3) is 5.37. The average molecular weight is 373 g/mol. The van der Waals surface area contributed by atoms with Gasteiger partial charge in [0.25, 0.3) is 5.91 Å². The molecular formula is C20H20FNO5. The van der Waals surface area contributed by atoms with Crippen LogP contribution in [0, 0.1) is 5.82 Å². The van der Waals surface area contributed by atoms with Gasteiger partial charge >= 0.3 is 5.97 Å². The van der Waals surface area contributed by atoms with Gasteiger partial charge in [0, 0.05) is 13.5 Å². The first kappa shape index (κ1) is 20.1. The van der Waals surface area contributed by atoms with Crippen molar-refractivity contribution in [1.82, 2.24) is 4.90 Å². The quantitative estimate of drug-likeness (QED) is 0.568. The summed E-state index contributed by atoms with van der Waals surface area (Å²) >= 11 is 0. The number of aldehydes is 1. The zero-order valence-electron chi connectivity index (χ0n) is 14.8. The lowest BCUT2D eigenvalue weighted by Gasteiger charge is -2.26. The minimum Gasteiger partial charge on any atom is -0.507 e. The molecule has 0 spiro atoms. The molecule has 27 heavy (non-hydrogen) atoms. The van der Waals surface area contributed by atoms with Crippen LogP contribution in [0.4, 0.5) is 4.39 Å². The summed E-state index contributed by atoms with van der Waals surface area (Å²) in [6.07, 6.45) is 0.725. The monoisotopic (exact) mass is 373 g/mol. The van der Waals surface area contributed by atoms with Crippen molar-refractivity contribution >= 4 is 18.2 Å². The van der Waals surface area contributed by atoms with Gasteiger partial charge in [0.1, 0.15) is 30.5 Å². The van der Waals surface area contributed by atoms with E-state index in [2.05, 4.69) is 0 Å². The number of benzene rings is 2. The normalized spacial score (nSPS) is 11.5. The summed E-state index contributed by atoms with van der Waals surface area (Å²) in [6.45, 7) is 0.0184. The fourth-order valence-electron chi connectivity index (χ4n) is 2.53. The predicted molar refractivity (Wildman–Crippen MR) is 95.5 cm³/mol. The Kier molecular flexibility index (Phi) is 7.05. The van der Waals surface area contributed by atoms with Gasteiger partial charge in [0.2, 0.25) is 0 Å². The number of carbonyl (C=O) groups is 3. The maximum Gasteiger partial charge on any atom is 0.329 e. The van der Waals surface area contributed by atoms with Crippen LogP contribution in [0.15, 0.2) is 48.5 Å². The number of hydrogen-bond acceptors (Lipinski definition) is 5. The second-order valence-electron chi connectivity index (χ2n) is 5.93. The van der Waals surface area contributed by atoms with Crippen LogP contribution in [-0.4, -0.2) is 41.3 Å². The van der Waals surface area contributed by atoms with E-state index in [1.54, 1.807) is 24.3 Å². The van der Waals surface area contributed by atoms with Crippen molar-refractivity contribution in [2.24, 2.45) is 0 Å². The summed E-state index contributed by atoms with van der Waals surface area (Å²) in [6, 6.07) is 10.9. The molecule has 0 aromatic heterocycles. The van der Waals surface area contributed by atoms with Crippen molar-refractivity contribution in [3.63, 3.8) is 0 Å². The number of phenolic OH excluding ortho intramolecular Hbond substituents is 1. The van der Waals surface area contributed by atoms with E-state index in [4.69, 9.17) is 4.74 Å². The molecule has 2 aromatic carbocycles. The summed E-state index contributed by atoms with van der Waals surface area (Å²) in [7, 11) is 1.34. The van der Waals surface area contributed by atoms with Crippen LogP contribution >= 0.6 is 0 Å². The number of aromatic hydroxyl groups is 1. The summed E-state index contributed by atoms with van der Waals surface area (Å²) in [5, 5.41) is 9.82. The lowest BCUT2D eigenvalue weighted by molar-refractivity contribution is -0.150. The molecule has 142 valence electrons. The molecule has 0 bridgehead atoms. The highest BCUT2D eigenvalue weighted by Crippen LogP contribution is 2.21. The van der Waals surface area contributed by atoms with Gasteiger partial charge in [-0.25, -0.2) is 9.18 Å². The van der Waals surface area contributed by atoms with E-state index >= 15 is 0 Å². The topological polar surface area (TPSA) is 83.9 Å². The van der Waals surface area contributed by atoms with Gasteiger partial charge in [-0.15, -0.1) is 0 Å². The van der Waals surface area contributed by atoms with Crippen LogP contribution in [0.5, 0.6) is 5.75 Å². The van der Waals surface area contributed by atoms with E-state index in [9.17, 15) is 23.9 Å². The first-order chi connectivity index (χ1) is 12.9. The SMILES string of the molecule is CN(C(=O)c1cc(F)ccc1O)[C@@H](CCC=O)C(=O)OCc1ccccc1. The van der Waals surface area contributed by atoms with Gasteiger partial charge in [-0.05, 0) is 30.2 Å². The van der Waals surface area contributed by atoms with E-state index in [0.717, 1.165) is 28.7 Å². The van der Waals surface area contributed by atoms with Gasteiger partial charge < -0.3 is 19.5 Å². The van der Waals surface area contributed by atoms with Crippen LogP contribution in [0.3, 0.4) is 0 Å². The Labute approximate surface area is 156 Å². The smallest absolute Gasteiger partial charge is 0.329 e. The minimum absolute atomic E-state index is 0.0184. The van der Waals surface area contributed by atoms with E-state index < -0.39 is 29.5 Å². The van der Waals surface area contributed by atoms with Crippen molar-refractivity contribution in [1.29, 1.82) is 0 Å². The Hall–Kier alpha value is -3.22. The minimum atomic E-state index is -1.05. The average Bonchev–Trinajstić information content (AvgIpc) is 2.68. The van der Waals surface area contributed by atoms with Crippen molar-refractivity contribution in [3.05, 3.63) is 65.5 Å². The number of amides is 1. The Morgan fingerprint density at radius 3 is 2.59 bits per heavy atom. The summed E-state index contributed by atoms with van der Waals surface area (Å²) in [5.74, 6) is -2.53. The molecule has 0 aliphatic rings. The first-order valence-corrected chi connectivity index (χ1v) is 8.34. The lowest BCUT2D eigenvalue weighted by Crippen LogP contribution is -2.43. The Morgan fingerprint density at radius 1 is 1.22 bits per heavy atom. The summed E-state index contributed by atoms with van der Waals surface area (Å²) in [5.41, 5.74) is 0.501. The number of halogens is 1. The number of phenols is 1.